The van der Waals surface area contributed by atoms with Crippen LogP contribution in [0.1, 0.15) is 0 Å². The van der Waals surface area contributed by atoms with Crippen LogP contribution in [0, 0.1) is 0 Å². The van der Waals surface area contributed by atoms with Gasteiger partial charge >= 0.3 is 0 Å². The Kier molecular flexibility index (Phi) is 4.15. The molecule has 0 spiro atoms. The first-order valence-corrected chi connectivity index (χ1v) is 2.59. The van der Waals surface area contributed by atoms with Crippen molar-refractivity contribution in [2.24, 2.45) is 0 Å². The molecule has 40 valence electrons. The molecular formula is C4H4Cl2O. The van der Waals surface area contributed by atoms with E-state index in [1.165, 1.54) is 6.08 Å². The maximum absolute atomic E-state index is 9.64. The van der Waals surface area contributed by atoms with Gasteiger partial charge in [-0.2, -0.15) is 0 Å². The molecule has 0 fully saturated rings. The van der Waals surface area contributed by atoms with Gasteiger partial charge in [0.25, 0.3) is 0 Å². The minimum atomic E-state index is 0.162. The summed E-state index contributed by atoms with van der Waals surface area (Å²) in [4.78, 5) is 9.64. The Labute approximate surface area is 51.9 Å². The van der Waals surface area contributed by atoms with Gasteiger partial charge in [0, 0.05) is 5.88 Å². The SMILES string of the molecule is O=CC(Cl)=CCCl. The van der Waals surface area contributed by atoms with E-state index in [0.717, 1.165) is 0 Å². The zero-order valence-corrected chi connectivity index (χ0v) is 5.04. The van der Waals surface area contributed by atoms with Crippen molar-refractivity contribution < 1.29 is 4.79 Å². The van der Waals surface area contributed by atoms with E-state index in [1.807, 2.05) is 0 Å². The smallest absolute Gasteiger partial charge is 0.161 e. The highest BCUT2D eigenvalue weighted by Crippen LogP contribution is 1.94. The van der Waals surface area contributed by atoms with Gasteiger partial charge < -0.3 is 0 Å². The Morgan fingerprint density at radius 3 is 2.43 bits per heavy atom. The van der Waals surface area contributed by atoms with Crippen LogP contribution in [-0.4, -0.2) is 12.2 Å². The van der Waals surface area contributed by atoms with Gasteiger partial charge in [-0.25, -0.2) is 0 Å². The minimum absolute atomic E-state index is 0.162. The molecule has 1 nitrogen and oxygen atoms in total. The van der Waals surface area contributed by atoms with Gasteiger partial charge in [0.2, 0.25) is 0 Å². The second-order valence-corrected chi connectivity index (χ2v) is 1.61. The maximum atomic E-state index is 9.64. The van der Waals surface area contributed by atoms with Crippen LogP contribution in [0.3, 0.4) is 0 Å². The third-order valence-electron chi connectivity index (χ3n) is 0.385. The Morgan fingerprint density at radius 1 is 1.71 bits per heavy atom. The fourth-order valence-electron chi connectivity index (χ4n) is 0.122. The van der Waals surface area contributed by atoms with Crippen LogP contribution in [0.5, 0.6) is 0 Å². The van der Waals surface area contributed by atoms with Crippen molar-refractivity contribution in [3.05, 3.63) is 11.1 Å². The fraction of sp³-hybridized carbons (Fsp3) is 0.250. The number of hydrogen-bond acceptors (Lipinski definition) is 1. The topological polar surface area (TPSA) is 17.1 Å². The zero-order chi connectivity index (χ0) is 5.70. The summed E-state index contributed by atoms with van der Waals surface area (Å²) in [5.74, 6) is 0.289. The molecule has 0 saturated carbocycles. The van der Waals surface area contributed by atoms with Gasteiger partial charge in [0.15, 0.2) is 6.29 Å². The predicted octanol–water partition coefficient (Wildman–Crippen LogP) is 1.55. The molecule has 0 aromatic rings. The predicted molar refractivity (Wildman–Crippen MR) is 30.7 cm³/mol. The average molecular weight is 139 g/mol. The lowest BCUT2D eigenvalue weighted by Crippen LogP contribution is -1.70. The van der Waals surface area contributed by atoms with Crippen molar-refractivity contribution in [1.82, 2.24) is 0 Å². The number of halogens is 2. The first-order valence-electron chi connectivity index (χ1n) is 1.68. The highest BCUT2D eigenvalue weighted by molar-refractivity contribution is 6.39. The molecule has 0 bridgehead atoms. The molecule has 0 rings (SSSR count). The first-order chi connectivity index (χ1) is 3.31. The van der Waals surface area contributed by atoms with Crippen molar-refractivity contribution in [3.63, 3.8) is 0 Å². The second kappa shape index (κ2) is 4.16. The molecule has 0 aromatic carbocycles. The molecule has 0 heterocycles. The monoisotopic (exact) mass is 138 g/mol. The summed E-state index contributed by atoms with van der Waals surface area (Å²) in [5.41, 5.74) is 0. The first kappa shape index (κ1) is 6.99. The number of hydrogen-bond donors (Lipinski definition) is 0. The molecule has 0 aliphatic heterocycles. The van der Waals surface area contributed by atoms with Gasteiger partial charge in [-0.1, -0.05) is 11.6 Å². The van der Waals surface area contributed by atoms with E-state index in [1.54, 1.807) is 0 Å². The molecule has 7 heavy (non-hydrogen) atoms. The van der Waals surface area contributed by atoms with Crippen molar-refractivity contribution in [1.29, 1.82) is 0 Å². The maximum Gasteiger partial charge on any atom is 0.161 e. The molecule has 0 saturated heterocycles. The molecule has 3 heteroatoms. The van der Waals surface area contributed by atoms with Crippen LogP contribution in [0.2, 0.25) is 0 Å². The van der Waals surface area contributed by atoms with Gasteiger partial charge in [-0.05, 0) is 6.08 Å². The number of rotatable bonds is 2. The summed E-state index contributed by atoms with van der Waals surface area (Å²) in [6.07, 6.45) is 1.97. The van der Waals surface area contributed by atoms with Crippen LogP contribution >= 0.6 is 23.2 Å². The average Bonchev–Trinajstić information content (AvgIpc) is 1.68. The lowest BCUT2D eigenvalue weighted by atomic mass is 10.6. The molecule has 0 radical (unpaired) electrons. The Balaban J connectivity index is 3.49. The number of aldehydes is 1. The van der Waals surface area contributed by atoms with Crippen LogP contribution in [0.25, 0.3) is 0 Å². The summed E-state index contributed by atoms with van der Waals surface area (Å²) in [6, 6.07) is 0. The van der Waals surface area contributed by atoms with E-state index in [2.05, 4.69) is 0 Å². The number of carbonyl (C=O) groups excluding carboxylic acids is 1. The molecule has 0 unspecified atom stereocenters. The fourth-order valence-corrected chi connectivity index (χ4v) is 0.444. The third kappa shape index (κ3) is 3.83. The van der Waals surface area contributed by atoms with Crippen LogP contribution in [0.15, 0.2) is 11.1 Å². The summed E-state index contributed by atoms with van der Waals surface area (Å²) >= 11 is 10.3. The van der Waals surface area contributed by atoms with E-state index >= 15 is 0 Å². The van der Waals surface area contributed by atoms with E-state index in [-0.39, 0.29) is 10.9 Å². The van der Waals surface area contributed by atoms with Gasteiger partial charge in [0.1, 0.15) is 0 Å². The minimum Gasteiger partial charge on any atom is -0.297 e. The van der Waals surface area contributed by atoms with Gasteiger partial charge in [-0.15, -0.1) is 11.6 Å². The largest absolute Gasteiger partial charge is 0.297 e. The Morgan fingerprint density at radius 2 is 2.29 bits per heavy atom. The molecule has 0 aliphatic rings. The molecule has 0 atom stereocenters. The quantitative estimate of drug-likeness (QED) is 0.322. The van der Waals surface area contributed by atoms with Crippen LogP contribution in [-0.2, 0) is 4.79 Å². The highest BCUT2D eigenvalue weighted by atomic mass is 35.5. The van der Waals surface area contributed by atoms with Gasteiger partial charge in [0.05, 0.1) is 5.03 Å². The summed E-state index contributed by atoms with van der Waals surface area (Å²) in [5, 5.41) is 0.162. The third-order valence-corrected chi connectivity index (χ3v) is 0.782. The van der Waals surface area contributed by atoms with E-state index in [4.69, 9.17) is 23.2 Å². The number of allylic oxidation sites excluding steroid dienone is 2. The summed E-state index contributed by atoms with van der Waals surface area (Å²) < 4.78 is 0. The molecule has 0 aliphatic carbocycles. The zero-order valence-electron chi connectivity index (χ0n) is 3.53. The summed E-state index contributed by atoms with van der Waals surface area (Å²) in [6.45, 7) is 0. The molecule has 0 N–H and O–H groups in total. The van der Waals surface area contributed by atoms with Crippen molar-refractivity contribution in [2.45, 2.75) is 0 Å². The van der Waals surface area contributed by atoms with Crippen molar-refractivity contribution in [2.75, 3.05) is 5.88 Å². The molecule has 0 aromatic heterocycles. The van der Waals surface area contributed by atoms with Gasteiger partial charge in [-0.3, -0.25) is 4.79 Å². The second-order valence-electron chi connectivity index (χ2n) is 0.861. The van der Waals surface area contributed by atoms with E-state index in [9.17, 15) is 4.79 Å². The van der Waals surface area contributed by atoms with E-state index < -0.39 is 0 Å². The highest BCUT2D eigenvalue weighted by Gasteiger charge is 1.80. The normalized spacial score (nSPS) is 11.4. The summed E-state index contributed by atoms with van der Waals surface area (Å²) in [7, 11) is 0. The lowest BCUT2D eigenvalue weighted by Gasteiger charge is -1.75. The standard InChI is InChI=1S/C4H4Cl2O/c5-2-1-4(6)3-7/h1,3H,2H2. The molecule has 0 amide bonds. The Bertz CT molecular complexity index is 87.7. The van der Waals surface area contributed by atoms with E-state index in [0.29, 0.717) is 6.29 Å². The van der Waals surface area contributed by atoms with Crippen molar-refractivity contribution in [3.8, 4) is 0 Å². The molecular weight excluding hydrogens is 135 g/mol. The Hall–Kier alpha value is -0.0100. The lowest BCUT2D eigenvalue weighted by molar-refractivity contribution is -0.104. The van der Waals surface area contributed by atoms with Crippen LogP contribution in [0.4, 0.5) is 0 Å². The van der Waals surface area contributed by atoms with Crippen molar-refractivity contribution >= 4 is 29.5 Å². The van der Waals surface area contributed by atoms with Crippen LogP contribution < -0.4 is 0 Å². The number of alkyl halides is 1. The number of carbonyl (C=O) groups is 1.